The van der Waals surface area contributed by atoms with E-state index in [1.54, 1.807) is 22.8 Å². The summed E-state index contributed by atoms with van der Waals surface area (Å²) in [5.74, 6) is -0.603. The Balaban J connectivity index is 1.97. The Bertz CT molecular complexity index is 893. The highest BCUT2D eigenvalue weighted by molar-refractivity contribution is 7.20. The largest absolute Gasteiger partial charge is 0.481 e. The van der Waals surface area contributed by atoms with Gasteiger partial charge in [0.25, 0.3) is 0 Å². The quantitative estimate of drug-likeness (QED) is 0.728. The average Bonchev–Trinajstić information content (AvgIpc) is 3.06. The summed E-state index contributed by atoms with van der Waals surface area (Å²) in [5.41, 5.74) is 1.33. The number of methoxy groups -OCH3 is 1. The van der Waals surface area contributed by atoms with Gasteiger partial charge in [0, 0.05) is 28.9 Å². The first-order valence-electron chi connectivity index (χ1n) is 6.86. The lowest BCUT2D eigenvalue weighted by atomic mass is 10.1. The predicted octanol–water partition coefficient (Wildman–Crippen LogP) is 2.73. The van der Waals surface area contributed by atoms with E-state index in [0.29, 0.717) is 16.3 Å². The third-order valence-electron chi connectivity index (χ3n) is 3.50. The van der Waals surface area contributed by atoms with Gasteiger partial charge in [-0.1, -0.05) is 0 Å². The van der Waals surface area contributed by atoms with Crippen LogP contribution in [0.4, 0.5) is 0 Å². The molecule has 0 aliphatic rings. The van der Waals surface area contributed by atoms with E-state index < -0.39 is 5.97 Å². The van der Waals surface area contributed by atoms with E-state index in [0.717, 1.165) is 15.9 Å². The highest BCUT2D eigenvalue weighted by Gasteiger charge is 2.17. The first kappa shape index (κ1) is 15.2. The van der Waals surface area contributed by atoms with Crippen LogP contribution in [0, 0.1) is 6.92 Å². The van der Waals surface area contributed by atoms with Crippen molar-refractivity contribution in [3.63, 3.8) is 0 Å². The van der Waals surface area contributed by atoms with Crippen LogP contribution in [0.5, 0.6) is 5.88 Å². The number of carboxylic acid groups (broad SMARTS) is 1. The minimum absolute atomic E-state index is 0.117. The van der Waals surface area contributed by atoms with Crippen LogP contribution in [0.25, 0.3) is 10.2 Å². The molecule has 3 heterocycles. The molecule has 0 bridgehead atoms. The fourth-order valence-electron chi connectivity index (χ4n) is 2.39. The third-order valence-corrected chi connectivity index (χ3v) is 4.67. The molecule has 23 heavy (non-hydrogen) atoms. The van der Waals surface area contributed by atoms with Crippen LogP contribution in [0.1, 0.15) is 20.9 Å². The molecule has 0 fully saturated rings. The van der Waals surface area contributed by atoms with Gasteiger partial charge in [-0.3, -0.25) is 9.59 Å². The number of rotatable bonds is 5. The Morgan fingerprint density at radius 1 is 1.35 bits per heavy atom. The monoisotopic (exact) mass is 330 g/mol. The summed E-state index contributed by atoms with van der Waals surface area (Å²) >= 11 is 1.29. The van der Waals surface area contributed by atoms with Gasteiger partial charge in [-0.05, 0) is 25.1 Å². The van der Waals surface area contributed by atoms with Crippen molar-refractivity contribution in [2.45, 2.75) is 13.5 Å². The molecule has 1 N–H and O–H groups in total. The van der Waals surface area contributed by atoms with E-state index >= 15 is 0 Å². The van der Waals surface area contributed by atoms with Crippen LogP contribution in [0.15, 0.2) is 30.5 Å². The molecule has 118 valence electrons. The first-order chi connectivity index (χ1) is 11.0. The molecule has 6 nitrogen and oxygen atoms in total. The molecule has 0 saturated heterocycles. The number of carbonyl (C=O) groups excluding carboxylic acids is 1. The molecule has 0 unspecified atom stereocenters. The maximum atomic E-state index is 12.5. The van der Waals surface area contributed by atoms with Crippen molar-refractivity contribution in [1.29, 1.82) is 0 Å². The molecule has 3 aromatic rings. The molecule has 3 aromatic heterocycles. The topological polar surface area (TPSA) is 81.4 Å². The minimum Gasteiger partial charge on any atom is -0.481 e. The van der Waals surface area contributed by atoms with E-state index in [2.05, 4.69) is 4.98 Å². The van der Waals surface area contributed by atoms with Gasteiger partial charge in [0.15, 0.2) is 0 Å². The molecular weight excluding hydrogens is 316 g/mol. The van der Waals surface area contributed by atoms with Crippen LogP contribution in [0.3, 0.4) is 0 Å². The fraction of sp³-hybridized carbons (Fsp3) is 0.188. The van der Waals surface area contributed by atoms with Gasteiger partial charge in [0.1, 0.15) is 11.4 Å². The smallest absolute Gasteiger partial charge is 0.323 e. The zero-order chi connectivity index (χ0) is 16.6. The number of hydrogen-bond donors (Lipinski definition) is 1. The van der Waals surface area contributed by atoms with Crippen molar-refractivity contribution in [2.24, 2.45) is 0 Å². The number of fused-ring (bicyclic) bond motifs is 1. The minimum atomic E-state index is -0.911. The van der Waals surface area contributed by atoms with Gasteiger partial charge in [-0.25, -0.2) is 4.98 Å². The number of carboxylic acids is 1. The molecular formula is C16H14N2O4S. The van der Waals surface area contributed by atoms with Crippen LogP contribution in [-0.4, -0.2) is 33.5 Å². The number of nitrogens with zero attached hydrogens (tertiary/aromatic N) is 2. The Morgan fingerprint density at radius 3 is 2.74 bits per heavy atom. The van der Waals surface area contributed by atoms with E-state index in [1.165, 1.54) is 24.6 Å². The summed E-state index contributed by atoms with van der Waals surface area (Å²) in [6.07, 6.45) is 1.47. The van der Waals surface area contributed by atoms with Gasteiger partial charge >= 0.3 is 5.97 Å². The number of ether oxygens (including phenoxy) is 1. The van der Waals surface area contributed by atoms with Gasteiger partial charge in [-0.15, -0.1) is 11.3 Å². The Morgan fingerprint density at radius 2 is 2.13 bits per heavy atom. The fourth-order valence-corrected chi connectivity index (χ4v) is 3.55. The number of thiophene rings is 1. The molecule has 3 rings (SSSR count). The SMILES string of the molecule is COc1ccc(C(=O)c2cc3cc(C)n(CC(=O)O)c3s2)cn1. The summed E-state index contributed by atoms with van der Waals surface area (Å²) in [4.78, 5) is 28.9. The lowest BCUT2D eigenvalue weighted by Crippen LogP contribution is -2.09. The van der Waals surface area contributed by atoms with Gasteiger partial charge < -0.3 is 14.4 Å². The second-order valence-corrected chi connectivity index (χ2v) is 6.09. The van der Waals surface area contributed by atoms with E-state index in [4.69, 9.17) is 9.84 Å². The highest BCUT2D eigenvalue weighted by Crippen LogP contribution is 2.30. The maximum Gasteiger partial charge on any atom is 0.323 e. The van der Waals surface area contributed by atoms with E-state index in [-0.39, 0.29) is 12.3 Å². The second kappa shape index (κ2) is 5.85. The first-order valence-corrected chi connectivity index (χ1v) is 7.67. The number of carbonyl (C=O) groups is 2. The summed E-state index contributed by atoms with van der Waals surface area (Å²) in [6, 6.07) is 6.97. The molecule has 0 amide bonds. The molecule has 0 aliphatic heterocycles. The van der Waals surface area contributed by atoms with Crippen molar-refractivity contribution in [3.05, 3.63) is 46.6 Å². The third kappa shape index (κ3) is 2.83. The number of pyridine rings is 1. The molecule has 0 spiro atoms. The van der Waals surface area contributed by atoms with Crippen LogP contribution >= 0.6 is 11.3 Å². The maximum absolute atomic E-state index is 12.5. The van der Waals surface area contributed by atoms with Gasteiger partial charge in [-0.2, -0.15) is 0 Å². The molecule has 0 aliphatic carbocycles. The molecule has 0 radical (unpaired) electrons. The normalized spacial score (nSPS) is 10.9. The van der Waals surface area contributed by atoms with Gasteiger partial charge in [0.05, 0.1) is 12.0 Å². The summed E-state index contributed by atoms with van der Waals surface area (Å²) in [5, 5.41) is 9.88. The second-order valence-electron chi connectivity index (χ2n) is 5.06. The van der Waals surface area contributed by atoms with E-state index in [9.17, 15) is 9.59 Å². The van der Waals surface area contributed by atoms with Crippen LogP contribution in [0.2, 0.25) is 0 Å². The molecule has 0 atom stereocenters. The van der Waals surface area contributed by atoms with Crippen molar-refractivity contribution >= 4 is 33.3 Å². The highest BCUT2D eigenvalue weighted by atomic mass is 32.1. The average molecular weight is 330 g/mol. The van der Waals surface area contributed by atoms with Crippen molar-refractivity contribution < 1.29 is 19.4 Å². The van der Waals surface area contributed by atoms with Crippen molar-refractivity contribution in [3.8, 4) is 5.88 Å². The number of aryl methyl sites for hydroxylation is 1. The summed E-state index contributed by atoms with van der Waals surface area (Å²) in [7, 11) is 1.51. The molecule has 7 heteroatoms. The number of aromatic nitrogens is 2. The van der Waals surface area contributed by atoms with Gasteiger partial charge in [0.2, 0.25) is 11.7 Å². The number of ketones is 1. The molecule has 0 aromatic carbocycles. The zero-order valence-electron chi connectivity index (χ0n) is 12.6. The number of hydrogen-bond acceptors (Lipinski definition) is 5. The lowest BCUT2D eigenvalue weighted by Gasteiger charge is -2.03. The van der Waals surface area contributed by atoms with Crippen LogP contribution < -0.4 is 4.74 Å². The van der Waals surface area contributed by atoms with E-state index in [1.807, 2.05) is 13.0 Å². The molecule has 0 saturated carbocycles. The summed E-state index contributed by atoms with van der Waals surface area (Å²) < 4.78 is 6.68. The Labute approximate surface area is 136 Å². The zero-order valence-corrected chi connectivity index (χ0v) is 13.4. The van der Waals surface area contributed by atoms with Crippen molar-refractivity contribution in [2.75, 3.05) is 7.11 Å². The lowest BCUT2D eigenvalue weighted by molar-refractivity contribution is -0.137. The summed E-state index contributed by atoms with van der Waals surface area (Å²) in [6.45, 7) is 1.73. The standard InChI is InChI=1S/C16H14N2O4S/c1-9-5-11-6-12(23-16(11)18(9)8-14(19)20)15(21)10-3-4-13(22-2)17-7-10/h3-7H,8H2,1-2H3,(H,19,20). The number of aliphatic carboxylic acids is 1. The Hall–Kier alpha value is -2.67. The predicted molar refractivity (Wildman–Crippen MR) is 86.4 cm³/mol. The Kier molecular flexibility index (Phi) is 3.87. The van der Waals surface area contributed by atoms with Crippen LogP contribution in [-0.2, 0) is 11.3 Å². The van der Waals surface area contributed by atoms with Crippen molar-refractivity contribution in [1.82, 2.24) is 9.55 Å².